The third-order valence-corrected chi connectivity index (χ3v) is 5.30. The Balaban J connectivity index is 1.66. The van der Waals surface area contributed by atoms with Gasteiger partial charge in [0.15, 0.2) is 11.5 Å². The van der Waals surface area contributed by atoms with E-state index < -0.39 is 0 Å². The molecular weight excluding hydrogens is 340 g/mol. The minimum Gasteiger partial charge on any atom is -0.493 e. The number of benzene rings is 2. The van der Waals surface area contributed by atoms with Crippen molar-refractivity contribution >= 4 is 16.8 Å². The first kappa shape index (κ1) is 17.5. The standard InChI is InChI=1S/C22H24N2O3/c1-26-20-11-10-16(14-21(20)27-2)22(25)24-12-6-5-9-19(24)18-13-15-7-3-4-8-17(15)23-18/h3-4,7-8,10-11,13-14,19,23H,5-6,9,12H2,1-2H3. The largest absolute Gasteiger partial charge is 0.493 e. The van der Waals surface area contributed by atoms with Crippen molar-refractivity contribution in [3.05, 3.63) is 59.8 Å². The predicted octanol–water partition coefficient (Wildman–Crippen LogP) is 4.55. The number of fused-ring (bicyclic) bond motifs is 1. The lowest BCUT2D eigenvalue weighted by Gasteiger charge is -2.35. The number of carbonyl (C=O) groups is 1. The number of nitrogens with zero attached hydrogens (tertiary/aromatic N) is 1. The van der Waals surface area contributed by atoms with E-state index in [1.165, 1.54) is 5.39 Å². The molecule has 2 heterocycles. The highest BCUT2D eigenvalue weighted by Crippen LogP contribution is 2.35. The molecule has 1 saturated heterocycles. The van der Waals surface area contributed by atoms with Crippen molar-refractivity contribution in [3.63, 3.8) is 0 Å². The zero-order chi connectivity index (χ0) is 18.8. The summed E-state index contributed by atoms with van der Waals surface area (Å²) in [6.07, 6.45) is 3.11. The number of H-pyrrole nitrogens is 1. The van der Waals surface area contributed by atoms with E-state index in [-0.39, 0.29) is 11.9 Å². The fraction of sp³-hybridized carbons (Fsp3) is 0.318. The summed E-state index contributed by atoms with van der Waals surface area (Å²) >= 11 is 0. The Bertz CT molecular complexity index is 930. The lowest BCUT2D eigenvalue weighted by molar-refractivity contribution is 0.0606. The second-order valence-corrected chi connectivity index (χ2v) is 6.89. The third kappa shape index (κ3) is 3.25. The Hall–Kier alpha value is -2.95. The highest BCUT2D eigenvalue weighted by molar-refractivity contribution is 5.95. The van der Waals surface area contributed by atoms with Gasteiger partial charge in [-0.05, 0) is 55.0 Å². The number of aromatic nitrogens is 1. The van der Waals surface area contributed by atoms with Crippen molar-refractivity contribution in [1.29, 1.82) is 0 Å². The number of aromatic amines is 1. The molecule has 3 aromatic rings. The summed E-state index contributed by atoms with van der Waals surface area (Å²) < 4.78 is 10.6. The molecule has 2 aromatic carbocycles. The molecule has 0 bridgehead atoms. The van der Waals surface area contributed by atoms with Gasteiger partial charge in [-0.2, -0.15) is 0 Å². The van der Waals surface area contributed by atoms with Gasteiger partial charge in [-0.25, -0.2) is 0 Å². The Morgan fingerprint density at radius 2 is 1.85 bits per heavy atom. The Kier molecular flexibility index (Phi) is 4.75. The normalized spacial score (nSPS) is 17.1. The Morgan fingerprint density at radius 1 is 1.04 bits per heavy atom. The molecule has 5 nitrogen and oxygen atoms in total. The zero-order valence-electron chi connectivity index (χ0n) is 15.7. The molecule has 0 radical (unpaired) electrons. The van der Waals surface area contributed by atoms with Gasteiger partial charge in [0.1, 0.15) is 0 Å². The second-order valence-electron chi connectivity index (χ2n) is 6.89. The average molecular weight is 364 g/mol. The van der Waals surface area contributed by atoms with Crippen LogP contribution in [0.5, 0.6) is 11.5 Å². The molecule has 5 heteroatoms. The van der Waals surface area contributed by atoms with Crippen LogP contribution >= 0.6 is 0 Å². The van der Waals surface area contributed by atoms with Gasteiger partial charge in [-0.3, -0.25) is 4.79 Å². The maximum Gasteiger partial charge on any atom is 0.254 e. The van der Waals surface area contributed by atoms with Gasteiger partial charge in [0.25, 0.3) is 5.91 Å². The van der Waals surface area contributed by atoms with Crippen molar-refractivity contribution in [3.8, 4) is 11.5 Å². The van der Waals surface area contributed by atoms with Crippen LogP contribution in [0.3, 0.4) is 0 Å². The monoisotopic (exact) mass is 364 g/mol. The first-order valence-electron chi connectivity index (χ1n) is 9.32. The number of para-hydroxylation sites is 1. The van der Waals surface area contributed by atoms with E-state index in [4.69, 9.17) is 9.47 Å². The first-order valence-corrected chi connectivity index (χ1v) is 9.32. The summed E-state index contributed by atoms with van der Waals surface area (Å²) in [6, 6.07) is 15.8. The van der Waals surface area contributed by atoms with Gasteiger partial charge in [0.05, 0.1) is 20.3 Å². The first-order chi connectivity index (χ1) is 13.2. The predicted molar refractivity (Wildman–Crippen MR) is 105 cm³/mol. The summed E-state index contributed by atoms with van der Waals surface area (Å²) in [5.41, 5.74) is 2.83. The van der Waals surface area contributed by atoms with Gasteiger partial charge in [0, 0.05) is 23.3 Å². The summed E-state index contributed by atoms with van der Waals surface area (Å²) in [5.74, 6) is 1.22. The number of piperidine rings is 1. The van der Waals surface area contributed by atoms with Gasteiger partial charge < -0.3 is 19.4 Å². The number of ether oxygens (including phenoxy) is 2. The van der Waals surface area contributed by atoms with E-state index in [0.717, 1.165) is 37.0 Å². The van der Waals surface area contributed by atoms with E-state index in [2.05, 4.69) is 23.2 Å². The Labute approximate surface area is 158 Å². The van der Waals surface area contributed by atoms with Crippen LogP contribution in [-0.4, -0.2) is 36.6 Å². The topological polar surface area (TPSA) is 54.6 Å². The molecule has 140 valence electrons. The van der Waals surface area contributed by atoms with Crippen molar-refractivity contribution in [1.82, 2.24) is 9.88 Å². The fourth-order valence-electron chi connectivity index (χ4n) is 3.91. The van der Waals surface area contributed by atoms with Crippen LogP contribution in [0.2, 0.25) is 0 Å². The number of rotatable bonds is 4. The lowest BCUT2D eigenvalue weighted by atomic mass is 9.98. The summed E-state index contributed by atoms with van der Waals surface area (Å²) in [5, 5.41) is 1.18. The number of nitrogens with one attached hydrogen (secondary N) is 1. The van der Waals surface area contributed by atoms with Crippen molar-refractivity contribution < 1.29 is 14.3 Å². The minimum atomic E-state index is 0.0271. The highest BCUT2D eigenvalue weighted by atomic mass is 16.5. The van der Waals surface area contributed by atoms with Gasteiger partial charge >= 0.3 is 0 Å². The molecule has 1 unspecified atom stereocenters. The number of carbonyl (C=O) groups excluding carboxylic acids is 1. The van der Waals surface area contributed by atoms with Crippen LogP contribution in [0.4, 0.5) is 0 Å². The molecule has 0 saturated carbocycles. The molecule has 0 aliphatic carbocycles. The maximum atomic E-state index is 13.3. The van der Waals surface area contributed by atoms with Crippen molar-refractivity contribution in [2.75, 3.05) is 20.8 Å². The molecule has 27 heavy (non-hydrogen) atoms. The van der Waals surface area contributed by atoms with Crippen LogP contribution in [0, 0.1) is 0 Å². The van der Waals surface area contributed by atoms with Gasteiger partial charge in [-0.1, -0.05) is 18.2 Å². The van der Waals surface area contributed by atoms with Crippen LogP contribution in [0.25, 0.3) is 10.9 Å². The summed E-state index contributed by atoms with van der Waals surface area (Å²) in [7, 11) is 3.18. The Morgan fingerprint density at radius 3 is 2.63 bits per heavy atom. The zero-order valence-corrected chi connectivity index (χ0v) is 15.7. The van der Waals surface area contributed by atoms with Gasteiger partial charge in [0.2, 0.25) is 0 Å². The van der Waals surface area contributed by atoms with E-state index >= 15 is 0 Å². The van der Waals surface area contributed by atoms with E-state index in [1.807, 2.05) is 17.0 Å². The summed E-state index contributed by atoms with van der Waals surface area (Å²) in [6.45, 7) is 0.757. The second kappa shape index (κ2) is 7.35. The smallest absolute Gasteiger partial charge is 0.254 e. The molecule has 1 aliphatic rings. The van der Waals surface area contributed by atoms with Crippen LogP contribution in [-0.2, 0) is 0 Å². The van der Waals surface area contributed by atoms with Crippen LogP contribution < -0.4 is 9.47 Å². The average Bonchev–Trinajstić information content (AvgIpc) is 3.16. The molecule has 0 spiro atoms. The van der Waals surface area contributed by atoms with Crippen molar-refractivity contribution in [2.45, 2.75) is 25.3 Å². The highest BCUT2D eigenvalue weighted by Gasteiger charge is 2.30. The molecule has 1 aliphatic heterocycles. The number of amides is 1. The molecular formula is C22H24N2O3. The van der Waals surface area contributed by atoms with E-state index in [1.54, 1.807) is 32.4 Å². The molecule has 1 aromatic heterocycles. The third-order valence-electron chi connectivity index (χ3n) is 5.30. The fourth-order valence-corrected chi connectivity index (χ4v) is 3.91. The number of methoxy groups -OCH3 is 2. The van der Waals surface area contributed by atoms with Crippen LogP contribution in [0.1, 0.15) is 41.4 Å². The quantitative estimate of drug-likeness (QED) is 0.739. The molecule has 1 fully saturated rings. The van der Waals surface area contributed by atoms with E-state index in [0.29, 0.717) is 17.1 Å². The van der Waals surface area contributed by atoms with E-state index in [9.17, 15) is 4.79 Å². The molecule has 1 atom stereocenters. The van der Waals surface area contributed by atoms with Crippen LogP contribution in [0.15, 0.2) is 48.5 Å². The maximum absolute atomic E-state index is 13.3. The lowest BCUT2D eigenvalue weighted by Crippen LogP contribution is -2.38. The number of likely N-dealkylation sites (tertiary alicyclic amines) is 1. The van der Waals surface area contributed by atoms with Gasteiger partial charge in [-0.15, -0.1) is 0 Å². The van der Waals surface area contributed by atoms with Crippen molar-refractivity contribution in [2.24, 2.45) is 0 Å². The number of hydrogen-bond acceptors (Lipinski definition) is 3. The minimum absolute atomic E-state index is 0.0271. The number of hydrogen-bond donors (Lipinski definition) is 1. The SMILES string of the molecule is COc1ccc(C(=O)N2CCCCC2c2cc3ccccc3[nH]2)cc1OC. The summed E-state index contributed by atoms with van der Waals surface area (Å²) in [4.78, 5) is 18.8. The molecule has 1 amide bonds. The molecule has 4 rings (SSSR count). The molecule has 1 N–H and O–H groups in total.